The van der Waals surface area contributed by atoms with Crippen molar-refractivity contribution in [2.24, 2.45) is 7.05 Å². The van der Waals surface area contributed by atoms with E-state index < -0.39 is 0 Å². The minimum absolute atomic E-state index is 0.00708. The summed E-state index contributed by atoms with van der Waals surface area (Å²) in [4.78, 5) is 30.9. The van der Waals surface area contributed by atoms with Crippen LogP contribution in [0.15, 0.2) is 22.7 Å². The van der Waals surface area contributed by atoms with Gasteiger partial charge in [0.15, 0.2) is 0 Å². The van der Waals surface area contributed by atoms with E-state index in [9.17, 15) is 9.59 Å². The lowest BCUT2D eigenvalue weighted by atomic mass is 9.86. The quantitative estimate of drug-likeness (QED) is 0.849. The highest BCUT2D eigenvalue weighted by Crippen LogP contribution is 2.52. The minimum atomic E-state index is -0.282. The number of fused-ring (bicyclic) bond motifs is 2. The van der Waals surface area contributed by atoms with Crippen molar-refractivity contribution < 1.29 is 9.59 Å². The number of carbonyl (C=O) groups is 2. The standard InChI is InChI=1S/C17H18BrN5O2/c1-10-19-16(21-22(10)2)20-14(24)8-23-9-17(5-6-17)13-7-11(18)3-4-12(13)15(23)25/h3-4,7H,5-6,8-9H2,1-2H3,(H,20,21,24). The highest BCUT2D eigenvalue weighted by molar-refractivity contribution is 9.10. The molecule has 130 valence electrons. The third-order valence-corrected chi connectivity index (χ3v) is 5.48. The summed E-state index contributed by atoms with van der Waals surface area (Å²) in [6.45, 7) is 2.40. The third-order valence-electron chi connectivity index (χ3n) is 4.98. The van der Waals surface area contributed by atoms with Gasteiger partial charge in [-0.15, -0.1) is 5.10 Å². The van der Waals surface area contributed by atoms with Crippen LogP contribution in [-0.4, -0.2) is 44.6 Å². The minimum Gasteiger partial charge on any atom is -0.328 e. The number of hydrogen-bond donors (Lipinski definition) is 1. The third kappa shape index (κ3) is 2.84. The zero-order valence-corrected chi connectivity index (χ0v) is 15.6. The van der Waals surface area contributed by atoms with Crippen molar-refractivity contribution >= 4 is 33.7 Å². The van der Waals surface area contributed by atoms with Crippen molar-refractivity contribution in [3.63, 3.8) is 0 Å². The van der Waals surface area contributed by atoms with E-state index in [-0.39, 0.29) is 29.7 Å². The van der Waals surface area contributed by atoms with Crippen LogP contribution in [0.1, 0.15) is 34.6 Å². The number of aryl methyl sites for hydroxylation is 2. The summed E-state index contributed by atoms with van der Waals surface area (Å²) < 4.78 is 2.57. The molecule has 0 bridgehead atoms. The van der Waals surface area contributed by atoms with Crippen LogP contribution in [0.4, 0.5) is 5.95 Å². The molecule has 2 amide bonds. The van der Waals surface area contributed by atoms with Gasteiger partial charge in [0.1, 0.15) is 12.4 Å². The largest absolute Gasteiger partial charge is 0.328 e. The molecule has 1 N–H and O–H groups in total. The molecular weight excluding hydrogens is 386 g/mol. The van der Waals surface area contributed by atoms with Crippen LogP contribution in [0.25, 0.3) is 0 Å². The molecule has 0 unspecified atom stereocenters. The van der Waals surface area contributed by atoms with Crippen molar-refractivity contribution in [2.75, 3.05) is 18.4 Å². The van der Waals surface area contributed by atoms with Crippen LogP contribution in [0.2, 0.25) is 0 Å². The Balaban J connectivity index is 1.53. The van der Waals surface area contributed by atoms with Crippen LogP contribution in [0.3, 0.4) is 0 Å². The number of benzene rings is 1. The Morgan fingerprint density at radius 2 is 2.16 bits per heavy atom. The van der Waals surface area contributed by atoms with Gasteiger partial charge in [-0.3, -0.25) is 19.6 Å². The Hall–Kier alpha value is -2.22. The predicted molar refractivity (Wildman–Crippen MR) is 95.3 cm³/mol. The molecule has 2 heterocycles. The van der Waals surface area contributed by atoms with Crippen LogP contribution in [-0.2, 0) is 17.3 Å². The first-order chi connectivity index (χ1) is 11.9. The van der Waals surface area contributed by atoms with Crippen LogP contribution in [0.5, 0.6) is 0 Å². The van der Waals surface area contributed by atoms with E-state index >= 15 is 0 Å². The first-order valence-electron chi connectivity index (χ1n) is 8.15. The number of aromatic nitrogens is 3. The van der Waals surface area contributed by atoms with E-state index in [1.54, 1.807) is 16.6 Å². The zero-order valence-electron chi connectivity index (χ0n) is 14.0. The maximum atomic E-state index is 12.8. The molecule has 1 fully saturated rings. The highest BCUT2D eigenvalue weighted by atomic mass is 79.9. The fourth-order valence-corrected chi connectivity index (χ4v) is 3.75. The van der Waals surface area contributed by atoms with Gasteiger partial charge in [-0.05, 0) is 43.5 Å². The Labute approximate surface area is 153 Å². The summed E-state index contributed by atoms with van der Waals surface area (Å²) in [6.07, 6.45) is 2.09. The second kappa shape index (κ2) is 5.66. The van der Waals surface area contributed by atoms with E-state index in [0.717, 1.165) is 22.9 Å². The average Bonchev–Trinajstić information content (AvgIpc) is 3.25. The van der Waals surface area contributed by atoms with Gasteiger partial charge in [0.05, 0.1) is 0 Å². The number of nitrogens with zero attached hydrogens (tertiary/aromatic N) is 4. The number of carbonyl (C=O) groups excluding carboxylic acids is 2. The summed E-state index contributed by atoms with van der Waals surface area (Å²) in [5.74, 6) is 0.594. The number of nitrogens with one attached hydrogen (secondary N) is 1. The van der Waals surface area contributed by atoms with Crippen molar-refractivity contribution in [1.82, 2.24) is 19.7 Å². The fourth-order valence-electron chi connectivity index (χ4n) is 3.39. The van der Waals surface area contributed by atoms with Gasteiger partial charge in [0.25, 0.3) is 5.91 Å². The summed E-state index contributed by atoms with van der Waals surface area (Å²) >= 11 is 3.49. The van der Waals surface area contributed by atoms with Crippen molar-refractivity contribution in [3.8, 4) is 0 Å². The number of halogens is 1. The molecule has 1 aliphatic carbocycles. The smallest absolute Gasteiger partial charge is 0.254 e. The molecule has 1 spiro atoms. The lowest BCUT2D eigenvalue weighted by molar-refractivity contribution is -0.117. The molecule has 7 nitrogen and oxygen atoms in total. The van der Waals surface area contributed by atoms with Gasteiger partial charge < -0.3 is 4.90 Å². The molecule has 0 atom stereocenters. The first kappa shape index (κ1) is 16.3. The summed E-state index contributed by atoms with van der Waals surface area (Å²) in [6, 6.07) is 5.75. The predicted octanol–water partition coefficient (Wildman–Crippen LogP) is 2.01. The van der Waals surface area contributed by atoms with E-state index in [2.05, 4.69) is 31.3 Å². The van der Waals surface area contributed by atoms with Gasteiger partial charge in [0.2, 0.25) is 11.9 Å². The van der Waals surface area contributed by atoms with Gasteiger partial charge >= 0.3 is 0 Å². The van der Waals surface area contributed by atoms with Gasteiger partial charge in [-0.2, -0.15) is 4.98 Å². The molecule has 0 saturated heterocycles. The molecule has 2 aromatic rings. The second-order valence-electron chi connectivity index (χ2n) is 6.79. The molecule has 1 aliphatic heterocycles. The van der Waals surface area contributed by atoms with E-state index in [1.807, 2.05) is 25.1 Å². The first-order valence-corrected chi connectivity index (χ1v) is 8.94. The van der Waals surface area contributed by atoms with Crippen molar-refractivity contribution in [3.05, 3.63) is 39.6 Å². The Kier molecular flexibility index (Phi) is 3.68. The number of amides is 2. The molecular formula is C17H18BrN5O2. The summed E-state index contributed by atoms with van der Waals surface area (Å²) in [7, 11) is 1.76. The summed E-state index contributed by atoms with van der Waals surface area (Å²) in [5, 5.41) is 6.78. The van der Waals surface area contributed by atoms with Crippen LogP contribution in [0, 0.1) is 6.92 Å². The van der Waals surface area contributed by atoms with Gasteiger partial charge in [-0.25, -0.2) is 0 Å². The molecule has 0 radical (unpaired) electrons. The van der Waals surface area contributed by atoms with E-state index in [4.69, 9.17) is 0 Å². The Morgan fingerprint density at radius 3 is 2.80 bits per heavy atom. The van der Waals surface area contributed by atoms with Crippen molar-refractivity contribution in [1.29, 1.82) is 0 Å². The maximum absolute atomic E-state index is 12.8. The number of rotatable bonds is 3. The average molecular weight is 404 g/mol. The normalized spacial score (nSPS) is 17.6. The highest BCUT2D eigenvalue weighted by Gasteiger charge is 2.51. The van der Waals surface area contributed by atoms with Crippen LogP contribution < -0.4 is 5.32 Å². The Bertz CT molecular complexity index is 868. The molecule has 25 heavy (non-hydrogen) atoms. The van der Waals surface area contributed by atoms with Gasteiger partial charge in [-0.1, -0.05) is 15.9 Å². The maximum Gasteiger partial charge on any atom is 0.254 e. The molecule has 1 aromatic carbocycles. The topological polar surface area (TPSA) is 80.1 Å². The zero-order chi connectivity index (χ0) is 17.8. The van der Waals surface area contributed by atoms with Crippen LogP contribution >= 0.6 is 15.9 Å². The van der Waals surface area contributed by atoms with Crippen molar-refractivity contribution in [2.45, 2.75) is 25.2 Å². The summed E-state index contributed by atoms with van der Waals surface area (Å²) in [5.41, 5.74) is 1.81. The second-order valence-corrected chi connectivity index (χ2v) is 7.70. The lowest BCUT2D eigenvalue weighted by Crippen LogP contribution is -2.46. The fraction of sp³-hybridized carbons (Fsp3) is 0.412. The number of hydrogen-bond acceptors (Lipinski definition) is 4. The molecule has 4 rings (SSSR count). The van der Waals surface area contributed by atoms with Gasteiger partial charge in [0, 0.05) is 29.0 Å². The lowest BCUT2D eigenvalue weighted by Gasteiger charge is -2.34. The SMILES string of the molecule is Cc1nc(NC(=O)CN2CC3(CC3)c3cc(Br)ccc3C2=O)nn1C. The molecule has 1 aromatic heterocycles. The monoisotopic (exact) mass is 403 g/mol. The Morgan fingerprint density at radius 1 is 1.40 bits per heavy atom. The van der Waals surface area contributed by atoms with E-state index in [0.29, 0.717) is 17.9 Å². The molecule has 1 saturated carbocycles. The number of anilines is 1. The van der Waals surface area contributed by atoms with E-state index in [1.165, 1.54) is 0 Å². The molecule has 8 heteroatoms. The molecule has 2 aliphatic rings.